The van der Waals surface area contributed by atoms with Gasteiger partial charge in [0, 0.05) is 27.6 Å². The summed E-state index contributed by atoms with van der Waals surface area (Å²) in [6, 6.07) is 7.25. The molecule has 1 aromatic carbocycles. The van der Waals surface area contributed by atoms with E-state index in [0.29, 0.717) is 17.4 Å². The zero-order valence-electron chi connectivity index (χ0n) is 16.8. The molecule has 0 spiro atoms. The van der Waals surface area contributed by atoms with E-state index >= 15 is 0 Å². The molecule has 150 valence electrons. The van der Waals surface area contributed by atoms with E-state index in [2.05, 4.69) is 33.9 Å². The van der Waals surface area contributed by atoms with E-state index in [1.807, 2.05) is 38.1 Å². The average Bonchev–Trinajstić information content (AvgIpc) is 3.15. The van der Waals surface area contributed by atoms with Crippen molar-refractivity contribution in [2.45, 2.75) is 40.2 Å². The minimum Gasteiger partial charge on any atom is -0.356 e. The summed E-state index contributed by atoms with van der Waals surface area (Å²) >= 11 is 7.81. The Morgan fingerprint density at radius 1 is 1.21 bits per heavy atom. The lowest BCUT2D eigenvalue weighted by molar-refractivity contribution is -0.121. The summed E-state index contributed by atoms with van der Waals surface area (Å²) in [7, 11) is 0. The molecule has 29 heavy (non-hydrogen) atoms. The van der Waals surface area contributed by atoms with Gasteiger partial charge in [-0.3, -0.25) is 14.4 Å². The molecule has 0 aliphatic carbocycles. The van der Waals surface area contributed by atoms with Gasteiger partial charge in [-0.25, -0.2) is 0 Å². The number of hydrogen-bond donors (Lipinski definition) is 1. The summed E-state index contributed by atoms with van der Waals surface area (Å²) < 4.78 is 2.05. The van der Waals surface area contributed by atoms with E-state index in [-0.39, 0.29) is 12.3 Å². The number of aromatic nitrogens is 3. The highest BCUT2D eigenvalue weighted by atomic mass is 35.5. The van der Waals surface area contributed by atoms with Crippen LogP contribution in [0.5, 0.6) is 0 Å². The molecule has 1 unspecified atom stereocenters. The first kappa shape index (κ1) is 19.8. The topological polar surface area (TPSA) is 72.2 Å². The van der Waals surface area contributed by atoms with Crippen LogP contribution in [0.2, 0.25) is 5.02 Å². The number of halogens is 1. The van der Waals surface area contributed by atoms with Gasteiger partial charge < -0.3 is 5.32 Å². The van der Waals surface area contributed by atoms with Crippen LogP contribution in [0, 0.1) is 20.8 Å². The summed E-state index contributed by atoms with van der Waals surface area (Å²) in [6.07, 6.45) is 0.218. The van der Waals surface area contributed by atoms with Gasteiger partial charge in [0.15, 0.2) is 5.82 Å². The maximum absolute atomic E-state index is 12.4. The fourth-order valence-electron chi connectivity index (χ4n) is 3.58. The molecule has 4 rings (SSSR count). The van der Waals surface area contributed by atoms with Crippen LogP contribution in [0.3, 0.4) is 0 Å². The average molecular weight is 428 g/mol. The number of carbonyl (C=O) groups is 1. The number of carbonyl (C=O) groups excluding carboxylic acids is 1. The number of rotatable bonds is 4. The van der Waals surface area contributed by atoms with Gasteiger partial charge in [0.05, 0.1) is 12.1 Å². The summed E-state index contributed by atoms with van der Waals surface area (Å²) in [4.78, 5) is 18.7. The van der Waals surface area contributed by atoms with Crippen molar-refractivity contribution in [1.29, 1.82) is 0 Å². The molecule has 3 heterocycles. The molecule has 1 aliphatic heterocycles. The number of hydrogen-bond acceptors (Lipinski definition) is 5. The van der Waals surface area contributed by atoms with E-state index in [4.69, 9.17) is 16.6 Å². The van der Waals surface area contributed by atoms with Crippen molar-refractivity contribution >= 4 is 34.6 Å². The fraction of sp³-hybridized carbons (Fsp3) is 0.333. The molecule has 0 radical (unpaired) electrons. The highest BCUT2D eigenvalue weighted by Crippen LogP contribution is 2.39. The van der Waals surface area contributed by atoms with Crippen LogP contribution in [0.4, 0.5) is 0 Å². The first-order chi connectivity index (χ1) is 13.9. The minimum atomic E-state index is -0.423. The normalized spacial score (nSPS) is 15.3. The smallest absolute Gasteiger partial charge is 0.222 e. The van der Waals surface area contributed by atoms with Crippen molar-refractivity contribution in [3.05, 3.63) is 62.5 Å². The van der Waals surface area contributed by atoms with Gasteiger partial charge in [-0.1, -0.05) is 23.7 Å². The van der Waals surface area contributed by atoms with Crippen molar-refractivity contribution in [3.8, 4) is 5.00 Å². The van der Waals surface area contributed by atoms with Crippen molar-refractivity contribution in [1.82, 2.24) is 20.1 Å². The molecule has 1 N–H and O–H groups in total. The number of thiophene rings is 1. The van der Waals surface area contributed by atoms with Crippen molar-refractivity contribution in [2.24, 2.45) is 4.99 Å². The van der Waals surface area contributed by atoms with E-state index < -0.39 is 6.04 Å². The monoisotopic (exact) mass is 427 g/mol. The van der Waals surface area contributed by atoms with Crippen LogP contribution in [-0.2, 0) is 4.79 Å². The lowest BCUT2D eigenvalue weighted by atomic mass is 9.99. The third-order valence-corrected chi connectivity index (χ3v) is 6.55. The highest BCUT2D eigenvalue weighted by Gasteiger charge is 2.32. The van der Waals surface area contributed by atoms with Gasteiger partial charge in [0.1, 0.15) is 16.9 Å². The largest absolute Gasteiger partial charge is 0.356 e. The molecular formula is C21H22ClN5OS. The van der Waals surface area contributed by atoms with Crippen LogP contribution in [0.25, 0.3) is 5.00 Å². The molecule has 6 nitrogen and oxygen atoms in total. The second-order valence-corrected chi connectivity index (χ2v) is 8.70. The predicted octanol–water partition coefficient (Wildman–Crippen LogP) is 4.33. The first-order valence-corrected chi connectivity index (χ1v) is 10.7. The van der Waals surface area contributed by atoms with Gasteiger partial charge in [0.25, 0.3) is 0 Å². The zero-order chi connectivity index (χ0) is 20.7. The summed E-state index contributed by atoms with van der Waals surface area (Å²) in [6.45, 7) is 8.64. The molecule has 0 saturated heterocycles. The summed E-state index contributed by atoms with van der Waals surface area (Å²) in [5.74, 6) is 1.43. The van der Waals surface area contributed by atoms with E-state index in [0.717, 1.165) is 27.7 Å². The highest BCUT2D eigenvalue weighted by molar-refractivity contribution is 7.15. The van der Waals surface area contributed by atoms with Gasteiger partial charge in [-0.2, -0.15) is 0 Å². The third kappa shape index (κ3) is 3.49. The Hall–Kier alpha value is -2.51. The van der Waals surface area contributed by atoms with Crippen LogP contribution in [0.1, 0.15) is 52.6 Å². The Morgan fingerprint density at radius 3 is 2.62 bits per heavy atom. The zero-order valence-corrected chi connectivity index (χ0v) is 18.4. The minimum absolute atomic E-state index is 0.0536. The molecule has 0 saturated carbocycles. The van der Waals surface area contributed by atoms with Gasteiger partial charge in [0.2, 0.25) is 5.91 Å². The van der Waals surface area contributed by atoms with E-state index in [1.54, 1.807) is 11.3 Å². The number of aryl methyl sites for hydroxylation is 2. The molecule has 2 aromatic heterocycles. The standard InChI is InChI=1S/C21H22ClN5OS/c1-5-23-17(28)10-16-20-26-25-13(4)27(20)21-18(11(2)12(3)29-21)19(24-16)14-6-8-15(22)9-7-14/h6-9,16H,5,10H2,1-4H3,(H,23,28). The molecular weight excluding hydrogens is 406 g/mol. The van der Waals surface area contributed by atoms with Crippen molar-refractivity contribution in [3.63, 3.8) is 0 Å². The number of benzene rings is 1. The molecule has 1 aliphatic rings. The number of nitrogens with zero attached hydrogens (tertiary/aromatic N) is 4. The summed E-state index contributed by atoms with van der Waals surface area (Å²) in [5, 5.41) is 13.3. The molecule has 1 amide bonds. The molecule has 8 heteroatoms. The third-order valence-electron chi connectivity index (χ3n) is 5.11. The Balaban J connectivity index is 1.96. The van der Waals surface area contributed by atoms with Crippen LogP contribution in [-0.4, -0.2) is 32.9 Å². The van der Waals surface area contributed by atoms with Gasteiger partial charge in [-0.15, -0.1) is 21.5 Å². The summed E-state index contributed by atoms with van der Waals surface area (Å²) in [5.41, 5.74) is 4.07. The first-order valence-electron chi connectivity index (χ1n) is 9.53. The van der Waals surface area contributed by atoms with Gasteiger partial charge in [-0.05, 0) is 45.4 Å². The van der Waals surface area contributed by atoms with E-state index in [9.17, 15) is 4.79 Å². The van der Waals surface area contributed by atoms with Crippen LogP contribution >= 0.6 is 22.9 Å². The quantitative estimate of drug-likeness (QED) is 0.673. The maximum atomic E-state index is 12.4. The molecule has 1 atom stereocenters. The lowest BCUT2D eigenvalue weighted by Gasteiger charge is -2.12. The SMILES string of the molecule is CCNC(=O)CC1N=C(c2ccc(Cl)cc2)c2c(sc(C)c2C)-n2c(C)nnc21. The number of aliphatic imine (C=N–C) groups is 1. The number of nitrogens with one attached hydrogen (secondary N) is 1. The Morgan fingerprint density at radius 2 is 1.93 bits per heavy atom. The molecule has 0 bridgehead atoms. The van der Waals surface area contributed by atoms with Crippen LogP contribution < -0.4 is 5.32 Å². The second-order valence-electron chi connectivity index (χ2n) is 7.06. The molecule has 3 aromatic rings. The van der Waals surface area contributed by atoms with E-state index in [1.165, 1.54) is 10.4 Å². The second kappa shape index (κ2) is 7.72. The number of fused-ring (bicyclic) bond motifs is 3. The Kier molecular flexibility index (Phi) is 5.27. The number of amides is 1. The Bertz CT molecular complexity index is 1110. The molecule has 0 fully saturated rings. The lowest BCUT2D eigenvalue weighted by Crippen LogP contribution is -2.25. The van der Waals surface area contributed by atoms with Crippen LogP contribution in [0.15, 0.2) is 29.3 Å². The van der Waals surface area contributed by atoms with Crippen molar-refractivity contribution < 1.29 is 4.79 Å². The van der Waals surface area contributed by atoms with Crippen molar-refractivity contribution in [2.75, 3.05) is 6.54 Å². The predicted molar refractivity (Wildman–Crippen MR) is 117 cm³/mol. The fourth-order valence-corrected chi connectivity index (χ4v) is 4.92. The Labute approximate surface area is 178 Å². The maximum Gasteiger partial charge on any atom is 0.222 e. The van der Waals surface area contributed by atoms with Gasteiger partial charge >= 0.3 is 0 Å².